The van der Waals surface area contributed by atoms with Crippen LogP contribution in [-0.2, 0) is 0 Å². The highest BCUT2D eigenvalue weighted by Crippen LogP contribution is 2.40. The first-order valence-electron chi connectivity index (χ1n) is 5.90. The molecule has 1 heterocycles. The lowest BCUT2D eigenvalue weighted by atomic mass is 10.2. The van der Waals surface area contributed by atoms with Crippen molar-refractivity contribution in [2.75, 3.05) is 5.73 Å². The Morgan fingerprint density at radius 3 is 2.45 bits per heavy atom. The van der Waals surface area contributed by atoms with Crippen LogP contribution in [0.3, 0.4) is 0 Å². The Morgan fingerprint density at radius 2 is 1.70 bits per heavy atom. The second-order valence-corrected chi connectivity index (χ2v) is 6.18. The SMILES string of the molecule is Nc1cc(Cl)c(Sc2cnc3ccccc3c2)c(Cl)c1. The van der Waals surface area contributed by atoms with Gasteiger partial charge in [-0.05, 0) is 24.3 Å². The van der Waals surface area contributed by atoms with E-state index in [0.29, 0.717) is 15.7 Å². The van der Waals surface area contributed by atoms with Crippen LogP contribution in [0.4, 0.5) is 5.69 Å². The average molecular weight is 321 g/mol. The van der Waals surface area contributed by atoms with Gasteiger partial charge in [0.2, 0.25) is 0 Å². The number of fused-ring (bicyclic) bond motifs is 1. The summed E-state index contributed by atoms with van der Waals surface area (Å²) >= 11 is 13.9. The molecule has 2 nitrogen and oxygen atoms in total. The summed E-state index contributed by atoms with van der Waals surface area (Å²) in [6.45, 7) is 0. The monoisotopic (exact) mass is 320 g/mol. The summed E-state index contributed by atoms with van der Waals surface area (Å²) in [5.74, 6) is 0. The fourth-order valence-electron chi connectivity index (χ4n) is 1.90. The van der Waals surface area contributed by atoms with Crippen LogP contribution in [0.2, 0.25) is 10.0 Å². The Kier molecular flexibility index (Phi) is 3.74. The van der Waals surface area contributed by atoms with Gasteiger partial charge in [-0.2, -0.15) is 0 Å². The molecule has 0 aliphatic rings. The molecule has 0 amide bonds. The van der Waals surface area contributed by atoms with E-state index < -0.39 is 0 Å². The molecule has 0 spiro atoms. The third kappa shape index (κ3) is 2.70. The number of rotatable bonds is 2. The number of pyridine rings is 1. The molecule has 0 radical (unpaired) electrons. The molecule has 20 heavy (non-hydrogen) atoms. The predicted molar refractivity (Wildman–Crippen MR) is 86.7 cm³/mol. The van der Waals surface area contributed by atoms with Crippen LogP contribution in [0.15, 0.2) is 58.5 Å². The van der Waals surface area contributed by atoms with Gasteiger partial charge < -0.3 is 5.73 Å². The molecule has 0 aliphatic carbocycles. The van der Waals surface area contributed by atoms with Crippen LogP contribution in [-0.4, -0.2) is 4.98 Å². The summed E-state index contributed by atoms with van der Waals surface area (Å²) in [5.41, 5.74) is 7.23. The van der Waals surface area contributed by atoms with E-state index >= 15 is 0 Å². The molecule has 3 rings (SSSR count). The number of para-hydroxylation sites is 1. The van der Waals surface area contributed by atoms with Crippen molar-refractivity contribution in [2.24, 2.45) is 0 Å². The molecule has 5 heteroatoms. The average Bonchev–Trinajstić information content (AvgIpc) is 2.42. The number of nitrogens with two attached hydrogens (primary N) is 1. The summed E-state index contributed by atoms with van der Waals surface area (Å²) in [5, 5.41) is 2.18. The first-order chi connectivity index (χ1) is 9.63. The van der Waals surface area contributed by atoms with Gasteiger partial charge in [0.15, 0.2) is 0 Å². The zero-order chi connectivity index (χ0) is 14.1. The summed E-state index contributed by atoms with van der Waals surface area (Å²) in [6, 6.07) is 13.4. The van der Waals surface area contributed by atoms with E-state index in [4.69, 9.17) is 28.9 Å². The van der Waals surface area contributed by atoms with Gasteiger partial charge in [0, 0.05) is 27.1 Å². The van der Waals surface area contributed by atoms with Crippen LogP contribution >= 0.6 is 35.0 Å². The highest BCUT2D eigenvalue weighted by molar-refractivity contribution is 7.99. The number of halogens is 2. The number of hydrogen-bond donors (Lipinski definition) is 1. The van der Waals surface area contributed by atoms with E-state index in [9.17, 15) is 0 Å². The molecule has 0 saturated carbocycles. The lowest BCUT2D eigenvalue weighted by Gasteiger charge is -2.08. The lowest BCUT2D eigenvalue weighted by molar-refractivity contribution is 1.30. The van der Waals surface area contributed by atoms with Crippen LogP contribution in [0.25, 0.3) is 10.9 Å². The minimum Gasteiger partial charge on any atom is -0.399 e. The van der Waals surface area contributed by atoms with E-state index in [-0.39, 0.29) is 0 Å². The Hall–Kier alpha value is -1.42. The van der Waals surface area contributed by atoms with Gasteiger partial charge in [-0.25, -0.2) is 0 Å². The van der Waals surface area contributed by atoms with Gasteiger partial charge in [0.1, 0.15) is 0 Å². The number of nitrogen functional groups attached to an aromatic ring is 1. The van der Waals surface area contributed by atoms with E-state index in [2.05, 4.69) is 11.1 Å². The zero-order valence-electron chi connectivity index (χ0n) is 10.3. The summed E-state index contributed by atoms with van der Waals surface area (Å²) in [6.07, 6.45) is 1.82. The fourth-order valence-corrected chi connectivity index (χ4v) is 3.48. The lowest BCUT2D eigenvalue weighted by Crippen LogP contribution is -1.87. The molecular weight excluding hydrogens is 311 g/mol. The van der Waals surface area contributed by atoms with Gasteiger partial charge in [0.05, 0.1) is 15.6 Å². The van der Waals surface area contributed by atoms with Crippen molar-refractivity contribution in [2.45, 2.75) is 9.79 Å². The Bertz CT molecular complexity index is 767. The molecule has 0 unspecified atom stereocenters. The number of benzene rings is 2. The van der Waals surface area contributed by atoms with Gasteiger partial charge in [-0.3, -0.25) is 4.98 Å². The third-order valence-corrected chi connectivity index (χ3v) is 4.73. The van der Waals surface area contributed by atoms with Crippen molar-refractivity contribution < 1.29 is 0 Å². The number of hydrogen-bond acceptors (Lipinski definition) is 3. The minimum absolute atomic E-state index is 0.549. The Morgan fingerprint density at radius 1 is 1.00 bits per heavy atom. The maximum absolute atomic E-state index is 6.20. The number of anilines is 1. The molecule has 0 saturated heterocycles. The first kappa shape index (κ1) is 13.6. The van der Waals surface area contributed by atoms with Crippen LogP contribution < -0.4 is 5.73 Å². The Labute approximate surface area is 130 Å². The highest BCUT2D eigenvalue weighted by Gasteiger charge is 2.10. The van der Waals surface area contributed by atoms with Crippen LogP contribution in [0.1, 0.15) is 0 Å². The second kappa shape index (κ2) is 5.52. The fraction of sp³-hybridized carbons (Fsp3) is 0. The highest BCUT2D eigenvalue weighted by atomic mass is 35.5. The van der Waals surface area contributed by atoms with Gasteiger partial charge >= 0.3 is 0 Å². The van der Waals surface area contributed by atoms with Gasteiger partial charge in [-0.15, -0.1) is 0 Å². The third-order valence-electron chi connectivity index (χ3n) is 2.81. The number of nitrogens with zero attached hydrogens (tertiary/aromatic N) is 1. The van der Waals surface area contributed by atoms with E-state index in [1.54, 1.807) is 12.1 Å². The first-order valence-corrected chi connectivity index (χ1v) is 7.48. The molecule has 2 N–H and O–H groups in total. The van der Waals surface area contributed by atoms with Crippen LogP contribution in [0, 0.1) is 0 Å². The molecule has 0 atom stereocenters. The molecule has 0 fully saturated rings. The molecule has 2 aromatic carbocycles. The molecule has 1 aromatic heterocycles. The van der Waals surface area contributed by atoms with Crippen molar-refractivity contribution in [1.29, 1.82) is 0 Å². The van der Waals surface area contributed by atoms with Crippen molar-refractivity contribution in [3.05, 3.63) is 58.7 Å². The summed E-state index contributed by atoms with van der Waals surface area (Å²) in [7, 11) is 0. The standard InChI is InChI=1S/C15H10Cl2N2S/c16-12-6-10(18)7-13(17)15(12)20-11-5-9-3-1-2-4-14(9)19-8-11/h1-8H,18H2. The van der Waals surface area contributed by atoms with Crippen molar-refractivity contribution >= 4 is 51.6 Å². The largest absolute Gasteiger partial charge is 0.399 e. The normalized spacial score (nSPS) is 10.9. The second-order valence-electron chi connectivity index (χ2n) is 4.28. The molecular formula is C15H10Cl2N2S. The van der Waals surface area contributed by atoms with Crippen LogP contribution in [0.5, 0.6) is 0 Å². The van der Waals surface area contributed by atoms with E-state index in [0.717, 1.165) is 20.7 Å². The maximum Gasteiger partial charge on any atom is 0.0702 e. The topological polar surface area (TPSA) is 38.9 Å². The Balaban J connectivity index is 2.01. The quantitative estimate of drug-likeness (QED) is 0.653. The van der Waals surface area contributed by atoms with Gasteiger partial charge in [0.25, 0.3) is 0 Å². The number of aromatic nitrogens is 1. The summed E-state index contributed by atoms with van der Waals surface area (Å²) < 4.78 is 0. The molecule has 0 aliphatic heterocycles. The van der Waals surface area contributed by atoms with E-state index in [1.807, 2.05) is 30.5 Å². The van der Waals surface area contributed by atoms with Crippen molar-refractivity contribution in [3.63, 3.8) is 0 Å². The molecule has 0 bridgehead atoms. The minimum atomic E-state index is 0.549. The smallest absolute Gasteiger partial charge is 0.0702 e. The molecule has 100 valence electrons. The molecule has 3 aromatic rings. The van der Waals surface area contributed by atoms with E-state index in [1.165, 1.54) is 11.8 Å². The van der Waals surface area contributed by atoms with Crippen molar-refractivity contribution in [1.82, 2.24) is 4.98 Å². The predicted octanol–water partition coefficient (Wildman–Crippen LogP) is 5.28. The zero-order valence-corrected chi connectivity index (χ0v) is 12.6. The van der Waals surface area contributed by atoms with Crippen molar-refractivity contribution in [3.8, 4) is 0 Å². The maximum atomic E-state index is 6.20. The van der Waals surface area contributed by atoms with Gasteiger partial charge in [-0.1, -0.05) is 53.2 Å². The summed E-state index contributed by atoms with van der Waals surface area (Å²) in [4.78, 5) is 6.20.